The Balaban J connectivity index is 1.24. The number of hydrogen-bond acceptors (Lipinski definition) is 5. The van der Waals surface area contributed by atoms with Crippen LogP contribution in [0.2, 0.25) is 0 Å². The molecule has 2 amide bonds. The van der Waals surface area contributed by atoms with Crippen LogP contribution in [0.15, 0.2) is 48.5 Å². The van der Waals surface area contributed by atoms with Crippen LogP contribution in [0.3, 0.4) is 0 Å². The summed E-state index contributed by atoms with van der Waals surface area (Å²) in [6, 6.07) is 15.4. The van der Waals surface area contributed by atoms with Crippen LogP contribution in [-0.2, 0) is 19.1 Å². The summed E-state index contributed by atoms with van der Waals surface area (Å²) in [4.78, 5) is 39.4. The quantitative estimate of drug-likeness (QED) is 0.632. The summed E-state index contributed by atoms with van der Waals surface area (Å²) < 4.78 is 11.2. The second-order valence-electron chi connectivity index (χ2n) is 9.56. The highest BCUT2D eigenvalue weighted by molar-refractivity contribution is 5.88. The molecule has 2 aromatic carbocycles. The summed E-state index contributed by atoms with van der Waals surface area (Å²) in [5.74, 6) is -1.63. The summed E-state index contributed by atoms with van der Waals surface area (Å²) in [6.07, 6.45) is 1.07. The molecule has 0 aromatic heterocycles. The van der Waals surface area contributed by atoms with Gasteiger partial charge in [0.2, 0.25) is 5.91 Å². The molecule has 2 fully saturated rings. The van der Waals surface area contributed by atoms with Gasteiger partial charge in [-0.2, -0.15) is 0 Å². The average molecular weight is 479 g/mol. The molecule has 184 valence electrons. The van der Waals surface area contributed by atoms with Gasteiger partial charge in [0, 0.05) is 25.0 Å². The lowest BCUT2D eigenvalue weighted by atomic mass is 9.91. The van der Waals surface area contributed by atoms with Crippen molar-refractivity contribution in [2.24, 2.45) is 5.92 Å². The van der Waals surface area contributed by atoms with E-state index >= 15 is 0 Å². The molecule has 2 heterocycles. The number of benzene rings is 2. The molecule has 8 nitrogen and oxygen atoms in total. The first kappa shape index (κ1) is 23.4. The number of ether oxygens (including phenoxy) is 2. The van der Waals surface area contributed by atoms with Crippen LogP contribution in [0.5, 0.6) is 0 Å². The SMILES string of the molecule is CCCC(NC(=O)OCC1c2ccccc2-c2ccccc21)C(=O)N1CC2CCOC2(C(=O)O)C1. The van der Waals surface area contributed by atoms with E-state index in [2.05, 4.69) is 29.6 Å². The molecule has 2 aromatic rings. The van der Waals surface area contributed by atoms with E-state index < -0.39 is 23.7 Å². The largest absolute Gasteiger partial charge is 0.479 e. The summed E-state index contributed by atoms with van der Waals surface area (Å²) in [5.41, 5.74) is 3.18. The molecule has 2 saturated heterocycles. The van der Waals surface area contributed by atoms with E-state index in [0.29, 0.717) is 32.4 Å². The molecule has 0 radical (unpaired) electrons. The predicted molar refractivity (Wildman–Crippen MR) is 128 cm³/mol. The van der Waals surface area contributed by atoms with Crippen LogP contribution < -0.4 is 5.32 Å². The third-order valence-electron chi connectivity index (χ3n) is 7.54. The molecule has 5 rings (SSSR count). The number of nitrogens with one attached hydrogen (secondary N) is 1. The van der Waals surface area contributed by atoms with Crippen LogP contribution in [0.1, 0.15) is 43.2 Å². The number of alkyl carbamates (subject to hydrolysis) is 1. The second-order valence-corrected chi connectivity index (χ2v) is 9.56. The first-order valence-corrected chi connectivity index (χ1v) is 12.2. The molecule has 35 heavy (non-hydrogen) atoms. The van der Waals surface area contributed by atoms with Gasteiger partial charge >= 0.3 is 12.1 Å². The topological polar surface area (TPSA) is 105 Å². The van der Waals surface area contributed by atoms with E-state index in [9.17, 15) is 19.5 Å². The molecule has 1 aliphatic carbocycles. The Morgan fingerprint density at radius 3 is 2.40 bits per heavy atom. The fourth-order valence-electron chi connectivity index (χ4n) is 5.78. The van der Waals surface area contributed by atoms with Crippen LogP contribution in [-0.4, -0.2) is 65.9 Å². The Morgan fingerprint density at radius 1 is 1.14 bits per heavy atom. The fourth-order valence-corrected chi connectivity index (χ4v) is 5.78. The maximum absolute atomic E-state index is 13.3. The summed E-state index contributed by atoms with van der Waals surface area (Å²) >= 11 is 0. The highest BCUT2D eigenvalue weighted by Crippen LogP contribution is 2.44. The minimum absolute atomic E-state index is 0.00157. The van der Waals surface area contributed by atoms with Gasteiger partial charge < -0.3 is 24.8 Å². The molecule has 3 atom stereocenters. The van der Waals surface area contributed by atoms with Gasteiger partial charge in [0.05, 0.1) is 6.54 Å². The lowest BCUT2D eigenvalue weighted by molar-refractivity contribution is -0.161. The van der Waals surface area contributed by atoms with Crippen molar-refractivity contribution in [3.63, 3.8) is 0 Å². The van der Waals surface area contributed by atoms with Gasteiger partial charge in [-0.3, -0.25) is 4.79 Å². The minimum atomic E-state index is -1.34. The standard InChI is InChI=1S/C27H30N2O6/c1-2-7-23(24(30)29-14-17-12-13-35-27(17,16-29)25(31)32)28-26(33)34-15-22-20-10-5-3-8-18(20)19-9-4-6-11-21(19)22/h3-6,8-11,17,22-23H,2,7,12-16H2,1H3,(H,28,33)(H,31,32). The number of carbonyl (C=O) groups excluding carboxylic acids is 2. The average Bonchev–Trinajstić information content (AvgIpc) is 3.52. The zero-order chi connectivity index (χ0) is 24.6. The second kappa shape index (κ2) is 9.34. The van der Waals surface area contributed by atoms with E-state index in [1.807, 2.05) is 31.2 Å². The smallest absolute Gasteiger partial charge is 0.407 e. The number of carboxylic acids is 1. The summed E-state index contributed by atoms with van der Waals surface area (Å²) in [7, 11) is 0. The Morgan fingerprint density at radius 2 is 1.80 bits per heavy atom. The number of rotatable bonds is 7. The van der Waals surface area contributed by atoms with Gasteiger partial charge in [-0.15, -0.1) is 0 Å². The number of aliphatic carboxylic acids is 1. The van der Waals surface area contributed by atoms with E-state index in [1.54, 1.807) is 0 Å². The van der Waals surface area contributed by atoms with Crippen LogP contribution in [0, 0.1) is 5.92 Å². The molecule has 3 aliphatic rings. The van der Waals surface area contributed by atoms with Crippen molar-refractivity contribution >= 4 is 18.0 Å². The third-order valence-corrected chi connectivity index (χ3v) is 7.54. The number of fused-ring (bicyclic) bond motifs is 4. The number of carbonyl (C=O) groups is 3. The lowest BCUT2D eigenvalue weighted by Gasteiger charge is -2.26. The van der Waals surface area contributed by atoms with E-state index in [4.69, 9.17) is 9.47 Å². The van der Waals surface area contributed by atoms with Crippen LogP contribution >= 0.6 is 0 Å². The molecule has 8 heteroatoms. The van der Waals surface area contributed by atoms with Gasteiger partial charge in [-0.05, 0) is 35.1 Å². The maximum Gasteiger partial charge on any atom is 0.407 e. The number of carboxylic acid groups (broad SMARTS) is 1. The first-order valence-electron chi connectivity index (χ1n) is 12.2. The van der Waals surface area contributed by atoms with Gasteiger partial charge in [0.25, 0.3) is 0 Å². The number of amides is 2. The zero-order valence-corrected chi connectivity index (χ0v) is 19.7. The van der Waals surface area contributed by atoms with Crippen LogP contribution in [0.25, 0.3) is 11.1 Å². The summed E-state index contributed by atoms with van der Waals surface area (Å²) in [6.45, 7) is 2.79. The Kier molecular flexibility index (Phi) is 6.23. The van der Waals surface area contributed by atoms with Crippen molar-refractivity contribution in [1.82, 2.24) is 10.2 Å². The highest BCUT2D eigenvalue weighted by Gasteiger charge is 2.58. The van der Waals surface area contributed by atoms with Crippen LogP contribution in [0.4, 0.5) is 4.79 Å². The normalized spacial score (nSPS) is 23.3. The molecular formula is C27H30N2O6. The predicted octanol–water partition coefficient (Wildman–Crippen LogP) is 3.40. The maximum atomic E-state index is 13.3. The van der Waals surface area contributed by atoms with Crippen molar-refractivity contribution < 1.29 is 29.0 Å². The van der Waals surface area contributed by atoms with Crippen molar-refractivity contribution in [2.45, 2.75) is 43.7 Å². The minimum Gasteiger partial charge on any atom is -0.479 e. The molecule has 2 aliphatic heterocycles. The van der Waals surface area contributed by atoms with Gasteiger partial charge in [0.15, 0.2) is 5.60 Å². The monoisotopic (exact) mass is 478 g/mol. The lowest BCUT2D eigenvalue weighted by Crippen LogP contribution is -2.50. The van der Waals surface area contributed by atoms with Gasteiger partial charge in [-0.1, -0.05) is 61.9 Å². The molecule has 0 saturated carbocycles. The zero-order valence-electron chi connectivity index (χ0n) is 19.7. The number of likely N-dealkylation sites (tertiary alicyclic amines) is 1. The van der Waals surface area contributed by atoms with Crippen molar-refractivity contribution in [2.75, 3.05) is 26.3 Å². The molecular weight excluding hydrogens is 448 g/mol. The number of nitrogens with zero attached hydrogens (tertiary/aromatic N) is 1. The van der Waals surface area contributed by atoms with Gasteiger partial charge in [0.1, 0.15) is 12.6 Å². The van der Waals surface area contributed by atoms with E-state index in [1.165, 1.54) is 4.90 Å². The molecule has 0 bridgehead atoms. The number of hydrogen-bond donors (Lipinski definition) is 2. The Bertz CT molecular complexity index is 1100. The first-order chi connectivity index (χ1) is 16.9. The van der Waals surface area contributed by atoms with Crippen molar-refractivity contribution in [3.05, 3.63) is 59.7 Å². The molecule has 0 spiro atoms. The Labute approximate surface area is 204 Å². The van der Waals surface area contributed by atoms with Crippen molar-refractivity contribution in [1.29, 1.82) is 0 Å². The molecule has 3 unspecified atom stereocenters. The van der Waals surface area contributed by atoms with E-state index in [-0.39, 0.29) is 30.9 Å². The molecule has 2 N–H and O–H groups in total. The third kappa shape index (κ3) is 4.05. The summed E-state index contributed by atoms with van der Waals surface area (Å²) in [5, 5.41) is 12.5. The fraction of sp³-hybridized carbons (Fsp3) is 0.444. The van der Waals surface area contributed by atoms with Crippen molar-refractivity contribution in [3.8, 4) is 11.1 Å². The van der Waals surface area contributed by atoms with Gasteiger partial charge in [-0.25, -0.2) is 9.59 Å². The highest BCUT2D eigenvalue weighted by atomic mass is 16.5. The Hall–Kier alpha value is -3.39. The van der Waals surface area contributed by atoms with E-state index in [0.717, 1.165) is 22.3 Å².